The van der Waals surface area contributed by atoms with E-state index in [0.717, 1.165) is 5.56 Å². The van der Waals surface area contributed by atoms with E-state index in [9.17, 15) is 0 Å². The fraction of sp³-hybridized carbons (Fsp3) is 0.103. The number of hydrogen-bond donors (Lipinski definition) is 3. The van der Waals surface area contributed by atoms with Gasteiger partial charge >= 0.3 is 0 Å². The van der Waals surface area contributed by atoms with Gasteiger partial charge in [0, 0.05) is 11.0 Å². The van der Waals surface area contributed by atoms with E-state index in [1.165, 1.54) is 77.5 Å². The first kappa shape index (κ1) is 46.1. The van der Waals surface area contributed by atoms with Crippen molar-refractivity contribution in [2.75, 3.05) is 6.26 Å². The van der Waals surface area contributed by atoms with E-state index in [1.54, 1.807) is 18.4 Å². The Kier molecular flexibility index (Phi) is 16.8. The minimum absolute atomic E-state index is 0.0334. The molecule has 0 spiro atoms. The van der Waals surface area contributed by atoms with E-state index < -0.39 is 0 Å². The largest absolute Gasteiger partial charge is 0.384 e. The van der Waals surface area contributed by atoms with Gasteiger partial charge in [-0.05, 0) is 110 Å². The maximum Gasteiger partial charge on any atom is 0.122 e. The van der Waals surface area contributed by atoms with Crippen molar-refractivity contribution >= 4 is 36.0 Å². The van der Waals surface area contributed by atoms with Gasteiger partial charge in [-0.1, -0.05) is 215 Å². The average Bonchev–Trinajstić information content (AvgIpc) is 3.56. The first-order chi connectivity index (χ1) is 30.1. The molecule has 0 unspecified atom stereocenters. The van der Waals surface area contributed by atoms with Crippen LogP contribution in [0.4, 0.5) is 0 Å². The van der Waals surface area contributed by atoms with E-state index >= 15 is 0 Å². The molecule has 4 heteroatoms. The number of nitrogen functional groups attached to an aromatic ring is 1. The molecule has 0 atom stereocenters. The summed E-state index contributed by atoms with van der Waals surface area (Å²) in [7, 11) is 0. The third-order valence-electron chi connectivity index (χ3n) is 10.7. The fourth-order valence-electron chi connectivity index (χ4n) is 7.54. The maximum absolute atomic E-state index is 7.01. The predicted octanol–water partition coefficient (Wildman–Crippen LogP) is 15.2. The SMILES string of the molecule is C=CC=C.C=NCc1cccc(-c2cccc(-c3ccc4c(c3)C(C)(C)c3ccc5ccccc5c3-4)c2)c1.CS.Cc1ccc(-c2ccccc2)cc1.N=C(N)c1ccccc1. The molecule has 62 heavy (non-hydrogen) atoms. The summed E-state index contributed by atoms with van der Waals surface area (Å²) in [6.07, 6.45) is 4.97. The zero-order valence-electron chi connectivity index (χ0n) is 36.4. The molecular weight excluding hydrogens is 771 g/mol. The third kappa shape index (κ3) is 11.4. The van der Waals surface area contributed by atoms with Crippen molar-refractivity contribution < 1.29 is 0 Å². The van der Waals surface area contributed by atoms with Crippen LogP contribution in [-0.2, 0) is 12.0 Å². The molecular formula is C58H57N3S. The number of aliphatic imine (C=N–C) groups is 1. The highest BCUT2D eigenvalue weighted by atomic mass is 32.1. The van der Waals surface area contributed by atoms with Gasteiger partial charge in [-0.25, -0.2) is 0 Å². The summed E-state index contributed by atoms with van der Waals surface area (Å²) in [6, 6.07) is 66.0. The number of rotatable bonds is 7. The molecule has 0 fully saturated rings. The molecule has 0 saturated heterocycles. The molecule has 0 aromatic heterocycles. The van der Waals surface area contributed by atoms with Crippen molar-refractivity contribution in [3.63, 3.8) is 0 Å². The minimum Gasteiger partial charge on any atom is -0.384 e. The second kappa shape index (κ2) is 22.6. The summed E-state index contributed by atoms with van der Waals surface area (Å²) in [5, 5.41) is 9.66. The molecule has 0 heterocycles. The zero-order chi connectivity index (χ0) is 44.5. The van der Waals surface area contributed by atoms with E-state index in [-0.39, 0.29) is 11.3 Å². The number of allylic oxidation sites excluding steroid dienone is 2. The van der Waals surface area contributed by atoms with Crippen LogP contribution in [0.15, 0.2) is 218 Å². The topological polar surface area (TPSA) is 62.2 Å². The second-order valence-electron chi connectivity index (χ2n) is 15.2. The smallest absolute Gasteiger partial charge is 0.122 e. The number of hydrogen-bond acceptors (Lipinski definition) is 3. The van der Waals surface area contributed by atoms with Gasteiger partial charge in [-0.3, -0.25) is 10.4 Å². The van der Waals surface area contributed by atoms with Crippen LogP contribution in [0.25, 0.3) is 55.3 Å². The van der Waals surface area contributed by atoms with E-state index in [2.05, 4.69) is 210 Å². The lowest BCUT2D eigenvalue weighted by atomic mass is 9.81. The molecule has 0 saturated carbocycles. The van der Waals surface area contributed by atoms with Crippen molar-refractivity contribution in [1.29, 1.82) is 5.41 Å². The van der Waals surface area contributed by atoms with Crippen LogP contribution in [0.1, 0.15) is 41.7 Å². The molecule has 1 aliphatic rings. The highest BCUT2D eigenvalue weighted by molar-refractivity contribution is 7.79. The van der Waals surface area contributed by atoms with Crippen molar-refractivity contribution in [1.82, 2.24) is 0 Å². The molecule has 8 aromatic carbocycles. The molecule has 0 amide bonds. The highest BCUT2D eigenvalue weighted by Crippen LogP contribution is 2.52. The van der Waals surface area contributed by atoms with E-state index in [0.29, 0.717) is 6.54 Å². The fourth-order valence-corrected chi connectivity index (χ4v) is 7.54. The van der Waals surface area contributed by atoms with Crippen LogP contribution < -0.4 is 5.73 Å². The summed E-state index contributed by atoms with van der Waals surface area (Å²) < 4.78 is 0. The first-order valence-corrected chi connectivity index (χ1v) is 21.5. The van der Waals surface area contributed by atoms with Gasteiger partial charge in [-0.15, -0.1) is 0 Å². The number of benzene rings is 8. The van der Waals surface area contributed by atoms with Crippen molar-refractivity contribution in [2.24, 2.45) is 10.7 Å². The predicted molar refractivity (Wildman–Crippen MR) is 275 cm³/mol. The van der Waals surface area contributed by atoms with Gasteiger partial charge in [0.05, 0.1) is 6.54 Å². The van der Waals surface area contributed by atoms with Crippen molar-refractivity contribution in [3.05, 3.63) is 241 Å². The summed E-state index contributed by atoms with van der Waals surface area (Å²) in [6.45, 7) is 17.8. The maximum atomic E-state index is 7.01. The number of nitrogens with two attached hydrogens (primary N) is 1. The Hall–Kier alpha value is -7.01. The van der Waals surface area contributed by atoms with E-state index in [4.69, 9.17) is 11.1 Å². The zero-order valence-corrected chi connectivity index (χ0v) is 37.2. The number of aryl methyl sites for hydroxylation is 1. The van der Waals surface area contributed by atoms with E-state index in [1.807, 2.05) is 36.4 Å². The van der Waals surface area contributed by atoms with Crippen LogP contribution in [0.3, 0.4) is 0 Å². The molecule has 1 aliphatic carbocycles. The van der Waals surface area contributed by atoms with Crippen LogP contribution >= 0.6 is 12.6 Å². The summed E-state index contributed by atoms with van der Waals surface area (Å²) in [4.78, 5) is 4.04. The van der Waals surface area contributed by atoms with Crippen LogP contribution in [0, 0.1) is 12.3 Å². The third-order valence-corrected chi connectivity index (χ3v) is 10.7. The monoisotopic (exact) mass is 827 g/mol. The Morgan fingerprint density at radius 2 is 1.10 bits per heavy atom. The lowest BCUT2D eigenvalue weighted by Gasteiger charge is -2.22. The molecule has 3 nitrogen and oxygen atoms in total. The second-order valence-corrected chi connectivity index (χ2v) is 15.2. The molecule has 0 aliphatic heterocycles. The summed E-state index contributed by atoms with van der Waals surface area (Å²) >= 11 is 3.53. The highest BCUT2D eigenvalue weighted by Gasteiger charge is 2.36. The Bertz CT molecular complexity index is 2730. The normalized spacial score (nSPS) is 11.2. The number of thiol groups is 1. The van der Waals surface area contributed by atoms with Gasteiger partial charge in [0.25, 0.3) is 0 Å². The standard InChI is InChI=1S/C33H27N.C13H12.C7H8N2.C4H6.CH4S/c1-33(2)30-17-15-23-9-4-5-13-28(23)32(30)29-16-14-27(20-31(29)33)26-12-7-11-25(19-26)24-10-6-8-22(18-24)21-34-3;1-11-7-9-13(10-8-11)12-5-3-2-4-6-12;8-7(9)6-4-2-1-3-5-6;1-3-4-2;1-2/h4-20H,3,21H2,1-2H3;2-10H,1H3;1-5H,(H3,8,9);3-4H,1-2H2;2H,1H3. The number of amidine groups is 1. The lowest BCUT2D eigenvalue weighted by molar-refractivity contribution is 0.661. The molecule has 0 radical (unpaired) electrons. The average molecular weight is 828 g/mol. The van der Waals surface area contributed by atoms with Crippen LogP contribution in [0.5, 0.6) is 0 Å². The Balaban J connectivity index is 0.000000211. The molecule has 8 aromatic rings. The summed E-state index contributed by atoms with van der Waals surface area (Å²) in [5.41, 5.74) is 21.5. The van der Waals surface area contributed by atoms with Crippen LogP contribution in [0.2, 0.25) is 0 Å². The van der Waals surface area contributed by atoms with Gasteiger partial charge in [0.1, 0.15) is 5.84 Å². The molecule has 0 bridgehead atoms. The number of nitrogens with zero attached hydrogens (tertiary/aromatic N) is 1. The molecule has 310 valence electrons. The Morgan fingerprint density at radius 1 is 0.581 bits per heavy atom. The number of nitrogens with one attached hydrogen (secondary N) is 1. The van der Waals surface area contributed by atoms with Crippen molar-refractivity contribution in [2.45, 2.75) is 32.7 Å². The Labute approximate surface area is 375 Å². The Morgan fingerprint density at radius 3 is 1.69 bits per heavy atom. The van der Waals surface area contributed by atoms with Crippen LogP contribution in [-0.4, -0.2) is 18.8 Å². The molecule has 3 N–H and O–H groups in total. The van der Waals surface area contributed by atoms with Gasteiger partial charge < -0.3 is 5.73 Å². The minimum atomic E-state index is -0.0334. The summed E-state index contributed by atoms with van der Waals surface area (Å²) in [5.74, 6) is 0.121. The quantitative estimate of drug-likeness (QED) is 0.0637. The van der Waals surface area contributed by atoms with Crippen molar-refractivity contribution in [3.8, 4) is 44.5 Å². The first-order valence-electron chi connectivity index (χ1n) is 20.6. The lowest BCUT2D eigenvalue weighted by Crippen LogP contribution is -2.15. The van der Waals surface area contributed by atoms with Gasteiger partial charge in [-0.2, -0.15) is 12.6 Å². The van der Waals surface area contributed by atoms with Gasteiger partial charge in [0.2, 0.25) is 0 Å². The molecule has 9 rings (SSSR count). The van der Waals surface area contributed by atoms with Gasteiger partial charge in [0.15, 0.2) is 0 Å². The number of fused-ring (bicyclic) bond motifs is 5.